The summed E-state index contributed by atoms with van der Waals surface area (Å²) in [5, 5.41) is 5.31. The van der Waals surface area contributed by atoms with Crippen molar-refractivity contribution in [2.24, 2.45) is 0 Å². The molecule has 0 atom stereocenters. The zero-order valence-electron chi connectivity index (χ0n) is 37.4. The fourth-order valence-corrected chi connectivity index (χ4v) is 13.3. The van der Waals surface area contributed by atoms with Crippen LogP contribution >= 0.6 is 11.3 Å². The maximum atomic E-state index is 2.63. The van der Waals surface area contributed by atoms with Crippen LogP contribution < -0.4 is 4.90 Å². The molecule has 2 heteroatoms. The molecule has 1 nitrogen and oxygen atoms in total. The van der Waals surface area contributed by atoms with Crippen molar-refractivity contribution in [2.75, 3.05) is 4.90 Å². The zero-order chi connectivity index (χ0) is 44.3. The molecule has 320 valence electrons. The number of hydrogen-bond donors (Lipinski definition) is 0. The molecule has 0 amide bonds. The van der Waals surface area contributed by atoms with Crippen LogP contribution in [-0.4, -0.2) is 0 Å². The number of nitrogens with zero attached hydrogens (tertiary/aromatic N) is 1. The summed E-state index contributed by atoms with van der Waals surface area (Å²) >= 11 is 1.88. The lowest BCUT2D eigenvalue weighted by Gasteiger charge is -2.35. The van der Waals surface area contributed by atoms with Gasteiger partial charge in [-0.2, -0.15) is 0 Å². The summed E-state index contributed by atoms with van der Waals surface area (Å²) in [6.45, 7) is 0. The summed E-state index contributed by atoms with van der Waals surface area (Å²) in [5.74, 6) is 0.557. The minimum atomic E-state index is -0.541. The zero-order valence-corrected chi connectivity index (χ0v) is 38.2. The first kappa shape index (κ1) is 39.8. The monoisotopic (exact) mass is 875 g/mol. The molecule has 0 saturated heterocycles. The van der Waals surface area contributed by atoms with Crippen LogP contribution in [0.3, 0.4) is 0 Å². The Kier molecular flexibility index (Phi) is 9.76. The molecule has 0 aliphatic heterocycles. The lowest BCUT2D eigenvalue weighted by molar-refractivity contribution is 0.445. The van der Waals surface area contributed by atoms with E-state index in [9.17, 15) is 0 Å². The topological polar surface area (TPSA) is 3.24 Å². The Morgan fingerprint density at radius 1 is 0.373 bits per heavy atom. The molecule has 0 bridgehead atoms. The maximum absolute atomic E-state index is 2.63. The minimum absolute atomic E-state index is 0.541. The third-order valence-corrected chi connectivity index (χ3v) is 16.1. The van der Waals surface area contributed by atoms with Gasteiger partial charge in [-0.05, 0) is 104 Å². The summed E-state index contributed by atoms with van der Waals surface area (Å²) in [5.41, 5.74) is 17.0. The molecule has 1 aromatic heterocycles. The van der Waals surface area contributed by atoms with Gasteiger partial charge in [0.05, 0.1) is 22.5 Å². The minimum Gasteiger partial charge on any atom is -0.309 e. The molecule has 1 saturated carbocycles. The molecule has 10 aromatic carbocycles. The molecule has 0 spiro atoms. The van der Waals surface area contributed by atoms with Crippen molar-refractivity contribution in [2.45, 2.75) is 43.4 Å². The number of rotatable bonds is 8. The number of thiophene rings is 1. The van der Waals surface area contributed by atoms with Crippen LogP contribution in [0.2, 0.25) is 0 Å². The van der Waals surface area contributed by atoms with E-state index in [0.717, 1.165) is 17.1 Å². The molecule has 0 N–H and O–H groups in total. The summed E-state index contributed by atoms with van der Waals surface area (Å²) in [6.07, 6.45) is 6.42. The molecule has 67 heavy (non-hydrogen) atoms. The Bertz CT molecular complexity index is 3590. The van der Waals surface area contributed by atoms with Crippen molar-refractivity contribution in [1.82, 2.24) is 0 Å². The second kappa shape index (κ2) is 16.4. The fourth-order valence-electron chi connectivity index (χ4n) is 12.2. The molecule has 2 aliphatic carbocycles. The van der Waals surface area contributed by atoms with Gasteiger partial charge in [0, 0.05) is 36.9 Å². The molecule has 1 fully saturated rings. The van der Waals surface area contributed by atoms with Crippen molar-refractivity contribution in [3.8, 4) is 33.4 Å². The van der Waals surface area contributed by atoms with E-state index in [-0.39, 0.29) is 0 Å². The van der Waals surface area contributed by atoms with Gasteiger partial charge in [0.1, 0.15) is 0 Å². The van der Waals surface area contributed by atoms with E-state index in [1.807, 2.05) is 11.3 Å². The Balaban J connectivity index is 1.14. The Morgan fingerprint density at radius 2 is 0.881 bits per heavy atom. The highest BCUT2D eigenvalue weighted by atomic mass is 32.1. The van der Waals surface area contributed by atoms with E-state index in [1.165, 1.54) is 124 Å². The van der Waals surface area contributed by atoms with Crippen LogP contribution in [0.4, 0.5) is 17.1 Å². The first-order valence-electron chi connectivity index (χ1n) is 24.0. The smallest absolute Gasteiger partial charge is 0.0714 e. The second-order valence-corrected chi connectivity index (χ2v) is 19.5. The first-order chi connectivity index (χ1) is 33.3. The largest absolute Gasteiger partial charge is 0.309 e. The predicted molar refractivity (Wildman–Crippen MR) is 286 cm³/mol. The van der Waals surface area contributed by atoms with Gasteiger partial charge in [-0.15, -0.1) is 11.3 Å². The maximum Gasteiger partial charge on any atom is 0.0714 e. The number of fused-ring (bicyclic) bond motifs is 7. The van der Waals surface area contributed by atoms with Gasteiger partial charge in [-0.3, -0.25) is 0 Å². The van der Waals surface area contributed by atoms with Crippen LogP contribution in [0.5, 0.6) is 0 Å². The van der Waals surface area contributed by atoms with E-state index in [1.54, 1.807) is 0 Å². The van der Waals surface area contributed by atoms with Gasteiger partial charge < -0.3 is 4.90 Å². The lowest BCUT2D eigenvalue weighted by Crippen LogP contribution is -2.28. The van der Waals surface area contributed by atoms with E-state index in [0.29, 0.717) is 5.92 Å². The number of anilines is 3. The number of benzene rings is 10. The quantitative estimate of drug-likeness (QED) is 0.147. The standard InChI is InChI=1S/C65H49NS/c1-4-22-44(23-5-1)48-34-18-24-45-25-19-35-51(62(45)48)49-30-11-15-39-57(49)66(58-40-16-12-31-50(58)52-36-20-43-61-63(52)54-33-13-17-42-60(54)67-61)59-41-21-38-56-64(59)53-32-10-14-37-55(53)65(56,46-26-6-2-7-27-46)47-28-8-3-9-29-47/h2-3,6-21,24-44H,1,4-5,22-23H2. The summed E-state index contributed by atoms with van der Waals surface area (Å²) in [6, 6.07) is 86.8. The Morgan fingerprint density at radius 3 is 1.60 bits per heavy atom. The van der Waals surface area contributed by atoms with Crippen LogP contribution in [-0.2, 0) is 5.41 Å². The molecule has 11 aromatic rings. The van der Waals surface area contributed by atoms with Crippen molar-refractivity contribution in [1.29, 1.82) is 0 Å². The third kappa shape index (κ3) is 6.27. The molecule has 1 heterocycles. The molecule has 2 aliphatic rings. The third-order valence-electron chi connectivity index (χ3n) is 15.0. The average Bonchev–Trinajstić information content (AvgIpc) is 3.94. The van der Waals surface area contributed by atoms with Gasteiger partial charge in [0.15, 0.2) is 0 Å². The highest BCUT2D eigenvalue weighted by Crippen LogP contribution is 2.60. The van der Waals surface area contributed by atoms with Crippen molar-refractivity contribution in [3.63, 3.8) is 0 Å². The van der Waals surface area contributed by atoms with E-state index in [2.05, 4.69) is 235 Å². The summed E-state index contributed by atoms with van der Waals surface area (Å²) in [4.78, 5) is 2.63. The van der Waals surface area contributed by atoms with Crippen molar-refractivity contribution < 1.29 is 0 Å². The normalized spacial score (nSPS) is 14.3. The van der Waals surface area contributed by atoms with E-state index >= 15 is 0 Å². The van der Waals surface area contributed by atoms with Crippen molar-refractivity contribution >= 4 is 59.3 Å². The summed E-state index contributed by atoms with van der Waals surface area (Å²) in [7, 11) is 0. The SMILES string of the molecule is c1ccc(C2(c3ccccc3)c3ccccc3-c3c(N(c4ccccc4-c4cccc5cccc(C6CCCCC6)c45)c4ccccc4-c4cccc5sc6ccccc6c45)cccc32)cc1. The molecular formula is C65H49NS. The van der Waals surface area contributed by atoms with Gasteiger partial charge in [-0.1, -0.05) is 219 Å². The van der Waals surface area contributed by atoms with E-state index < -0.39 is 5.41 Å². The van der Waals surface area contributed by atoms with Gasteiger partial charge in [-0.25, -0.2) is 0 Å². The Hall–Kier alpha value is -7.52. The van der Waals surface area contributed by atoms with Crippen LogP contribution in [0.25, 0.3) is 64.3 Å². The second-order valence-electron chi connectivity index (χ2n) is 18.5. The van der Waals surface area contributed by atoms with Gasteiger partial charge in [0.2, 0.25) is 0 Å². The van der Waals surface area contributed by atoms with Crippen LogP contribution in [0.15, 0.2) is 231 Å². The predicted octanol–water partition coefficient (Wildman–Crippen LogP) is 18.4. The first-order valence-corrected chi connectivity index (χ1v) is 24.9. The van der Waals surface area contributed by atoms with Crippen LogP contribution in [0, 0.1) is 0 Å². The van der Waals surface area contributed by atoms with Gasteiger partial charge in [0.25, 0.3) is 0 Å². The molecule has 0 radical (unpaired) electrons. The van der Waals surface area contributed by atoms with Crippen LogP contribution in [0.1, 0.15) is 65.8 Å². The molecule has 13 rings (SSSR count). The highest BCUT2D eigenvalue weighted by molar-refractivity contribution is 7.25. The number of hydrogen-bond acceptors (Lipinski definition) is 2. The average molecular weight is 876 g/mol. The highest BCUT2D eigenvalue weighted by Gasteiger charge is 2.47. The van der Waals surface area contributed by atoms with Gasteiger partial charge >= 0.3 is 0 Å². The fraction of sp³-hybridized carbons (Fsp3) is 0.108. The lowest BCUT2D eigenvalue weighted by atomic mass is 9.68. The molecule has 0 unspecified atom stereocenters. The molecular weight excluding hydrogens is 827 g/mol. The van der Waals surface area contributed by atoms with Crippen molar-refractivity contribution in [3.05, 3.63) is 258 Å². The Labute approximate surface area is 397 Å². The summed E-state index contributed by atoms with van der Waals surface area (Å²) < 4.78 is 2.61. The van der Waals surface area contributed by atoms with E-state index in [4.69, 9.17) is 0 Å². The number of para-hydroxylation sites is 2.